The lowest BCUT2D eigenvalue weighted by Crippen LogP contribution is -2.35. The van der Waals surface area contributed by atoms with Crippen LogP contribution in [0.3, 0.4) is 0 Å². The number of hydrogen-bond donors (Lipinski definition) is 0. The predicted octanol–water partition coefficient (Wildman–Crippen LogP) is 3.81. The number of aryl methyl sites for hydroxylation is 4. The molecule has 134 valence electrons. The maximum absolute atomic E-state index is 4.83. The summed E-state index contributed by atoms with van der Waals surface area (Å²) in [6, 6.07) is 7.37. The van der Waals surface area contributed by atoms with Crippen LogP contribution in [0.5, 0.6) is 0 Å². The highest BCUT2D eigenvalue weighted by atomic mass is 15.2. The Labute approximate surface area is 154 Å². The van der Waals surface area contributed by atoms with Gasteiger partial charge in [0.1, 0.15) is 5.65 Å². The molecule has 0 amide bonds. The van der Waals surface area contributed by atoms with Gasteiger partial charge in [0.25, 0.3) is 0 Å². The zero-order valence-corrected chi connectivity index (χ0v) is 15.7. The third-order valence-electron chi connectivity index (χ3n) is 6.11. The molecule has 2 aliphatic rings. The van der Waals surface area contributed by atoms with E-state index in [0.29, 0.717) is 0 Å². The van der Waals surface area contributed by atoms with Crippen LogP contribution in [0.15, 0.2) is 30.6 Å². The molecule has 1 saturated heterocycles. The van der Waals surface area contributed by atoms with E-state index in [2.05, 4.69) is 46.5 Å². The lowest BCUT2D eigenvalue weighted by molar-refractivity contribution is 0.224. The van der Waals surface area contributed by atoms with Crippen molar-refractivity contribution in [1.82, 2.24) is 19.4 Å². The SMILES string of the molecule is Cc1ccc(CCn2c3c(c4cc(C)cnc42)CN2CCCC2C3)nc1. The summed E-state index contributed by atoms with van der Waals surface area (Å²) in [6.07, 6.45) is 8.79. The van der Waals surface area contributed by atoms with Crippen molar-refractivity contribution in [3.05, 3.63) is 58.7 Å². The zero-order valence-electron chi connectivity index (χ0n) is 15.7. The average Bonchev–Trinajstić information content (AvgIpc) is 3.21. The molecule has 0 bridgehead atoms. The summed E-state index contributed by atoms with van der Waals surface area (Å²) in [5, 5.41) is 1.36. The lowest BCUT2D eigenvalue weighted by Gasteiger charge is -2.30. The third kappa shape index (κ3) is 2.64. The summed E-state index contributed by atoms with van der Waals surface area (Å²) < 4.78 is 2.49. The highest BCUT2D eigenvalue weighted by Crippen LogP contribution is 2.36. The second-order valence-corrected chi connectivity index (χ2v) is 8.01. The number of pyridine rings is 2. The summed E-state index contributed by atoms with van der Waals surface area (Å²) in [7, 11) is 0. The minimum atomic E-state index is 0.726. The minimum Gasteiger partial charge on any atom is -0.329 e. The molecule has 5 rings (SSSR count). The van der Waals surface area contributed by atoms with Crippen LogP contribution in [0, 0.1) is 13.8 Å². The summed E-state index contributed by atoms with van der Waals surface area (Å²) in [4.78, 5) is 12.1. The lowest BCUT2D eigenvalue weighted by atomic mass is 9.99. The fourth-order valence-corrected chi connectivity index (χ4v) is 4.73. The first kappa shape index (κ1) is 16.0. The van der Waals surface area contributed by atoms with Gasteiger partial charge >= 0.3 is 0 Å². The van der Waals surface area contributed by atoms with Gasteiger partial charge < -0.3 is 4.57 Å². The first-order valence-corrected chi connectivity index (χ1v) is 9.81. The van der Waals surface area contributed by atoms with Gasteiger partial charge in [-0.3, -0.25) is 9.88 Å². The van der Waals surface area contributed by atoms with Crippen molar-refractivity contribution in [2.75, 3.05) is 6.54 Å². The molecule has 2 aliphatic heterocycles. The summed E-state index contributed by atoms with van der Waals surface area (Å²) >= 11 is 0. The largest absolute Gasteiger partial charge is 0.329 e. The monoisotopic (exact) mass is 346 g/mol. The van der Waals surface area contributed by atoms with Gasteiger partial charge in [-0.15, -0.1) is 0 Å². The van der Waals surface area contributed by atoms with Crippen molar-refractivity contribution in [2.45, 2.75) is 58.7 Å². The second kappa shape index (κ2) is 6.20. The van der Waals surface area contributed by atoms with Crippen molar-refractivity contribution in [2.24, 2.45) is 0 Å². The molecule has 0 N–H and O–H groups in total. The van der Waals surface area contributed by atoms with Gasteiger partial charge in [-0.05, 0) is 62.1 Å². The summed E-state index contributed by atoms with van der Waals surface area (Å²) in [5.74, 6) is 0. The van der Waals surface area contributed by atoms with Crippen molar-refractivity contribution in [1.29, 1.82) is 0 Å². The van der Waals surface area contributed by atoms with Gasteiger partial charge in [0.2, 0.25) is 0 Å². The van der Waals surface area contributed by atoms with E-state index in [1.165, 1.54) is 53.6 Å². The Balaban J connectivity index is 1.54. The van der Waals surface area contributed by atoms with Gasteiger partial charge in [0.15, 0.2) is 0 Å². The fraction of sp³-hybridized carbons (Fsp3) is 0.455. The highest BCUT2D eigenvalue weighted by Gasteiger charge is 2.33. The fourth-order valence-electron chi connectivity index (χ4n) is 4.73. The highest BCUT2D eigenvalue weighted by molar-refractivity contribution is 5.83. The van der Waals surface area contributed by atoms with E-state index in [1.807, 2.05) is 12.4 Å². The maximum atomic E-state index is 4.83. The Morgan fingerprint density at radius 3 is 2.85 bits per heavy atom. The van der Waals surface area contributed by atoms with E-state index in [1.54, 1.807) is 0 Å². The Morgan fingerprint density at radius 1 is 1.12 bits per heavy atom. The van der Waals surface area contributed by atoms with Gasteiger partial charge in [0.05, 0.1) is 0 Å². The number of fused-ring (bicyclic) bond motifs is 4. The van der Waals surface area contributed by atoms with E-state index in [0.717, 1.165) is 36.9 Å². The van der Waals surface area contributed by atoms with Crippen molar-refractivity contribution in [3.8, 4) is 0 Å². The van der Waals surface area contributed by atoms with Crippen LogP contribution in [0.4, 0.5) is 0 Å². The molecule has 0 aromatic carbocycles. The van der Waals surface area contributed by atoms with E-state index < -0.39 is 0 Å². The van der Waals surface area contributed by atoms with Gasteiger partial charge in [0, 0.05) is 61.1 Å². The molecule has 26 heavy (non-hydrogen) atoms. The number of aromatic nitrogens is 3. The van der Waals surface area contributed by atoms with Crippen LogP contribution in [0.25, 0.3) is 11.0 Å². The van der Waals surface area contributed by atoms with Crippen LogP contribution in [0.2, 0.25) is 0 Å². The van der Waals surface area contributed by atoms with Gasteiger partial charge in [-0.25, -0.2) is 4.98 Å². The van der Waals surface area contributed by atoms with Gasteiger partial charge in [-0.2, -0.15) is 0 Å². The maximum Gasteiger partial charge on any atom is 0.140 e. The molecule has 0 radical (unpaired) electrons. The zero-order chi connectivity index (χ0) is 17.7. The Kier molecular flexibility index (Phi) is 3.82. The first-order chi connectivity index (χ1) is 12.7. The molecule has 3 aromatic rings. The van der Waals surface area contributed by atoms with Crippen LogP contribution in [0.1, 0.15) is 40.9 Å². The number of hydrogen-bond acceptors (Lipinski definition) is 3. The topological polar surface area (TPSA) is 34.0 Å². The van der Waals surface area contributed by atoms with Crippen LogP contribution in [-0.2, 0) is 25.9 Å². The molecule has 4 heteroatoms. The molecule has 3 aromatic heterocycles. The van der Waals surface area contributed by atoms with Crippen molar-refractivity contribution in [3.63, 3.8) is 0 Å². The van der Waals surface area contributed by atoms with Crippen molar-refractivity contribution >= 4 is 11.0 Å². The molecule has 4 nitrogen and oxygen atoms in total. The van der Waals surface area contributed by atoms with Crippen LogP contribution >= 0.6 is 0 Å². The second-order valence-electron chi connectivity index (χ2n) is 8.01. The molecular formula is C22H26N4. The standard InChI is InChI=1S/C22H26N4/c1-15-5-6-17(23-12-15)7-9-26-21-11-18-4-3-8-25(18)14-20(21)19-10-16(2)13-24-22(19)26/h5-6,10,12-13,18H,3-4,7-9,11,14H2,1-2H3. The number of nitrogens with zero attached hydrogens (tertiary/aromatic N) is 4. The van der Waals surface area contributed by atoms with E-state index in [4.69, 9.17) is 4.98 Å². The van der Waals surface area contributed by atoms with Crippen LogP contribution in [-0.4, -0.2) is 32.0 Å². The molecule has 1 fully saturated rings. The summed E-state index contributed by atoms with van der Waals surface area (Å²) in [5.41, 5.74) is 7.84. The predicted molar refractivity (Wildman–Crippen MR) is 104 cm³/mol. The molecule has 1 atom stereocenters. The Hall–Kier alpha value is -2.20. The quantitative estimate of drug-likeness (QED) is 0.723. The first-order valence-electron chi connectivity index (χ1n) is 9.81. The Bertz CT molecular complexity index is 954. The van der Waals surface area contributed by atoms with Crippen LogP contribution < -0.4 is 0 Å². The molecule has 5 heterocycles. The molecule has 0 aliphatic carbocycles. The molecule has 0 saturated carbocycles. The van der Waals surface area contributed by atoms with Crippen molar-refractivity contribution < 1.29 is 0 Å². The summed E-state index contributed by atoms with van der Waals surface area (Å²) in [6.45, 7) is 7.55. The normalized spacial score (nSPS) is 19.7. The molecular weight excluding hydrogens is 320 g/mol. The van der Waals surface area contributed by atoms with Gasteiger partial charge in [-0.1, -0.05) is 6.07 Å². The van der Waals surface area contributed by atoms with E-state index in [-0.39, 0.29) is 0 Å². The third-order valence-corrected chi connectivity index (χ3v) is 6.11. The molecule has 1 unspecified atom stereocenters. The van der Waals surface area contributed by atoms with E-state index in [9.17, 15) is 0 Å². The minimum absolute atomic E-state index is 0.726. The molecule has 0 spiro atoms. The smallest absolute Gasteiger partial charge is 0.140 e. The van der Waals surface area contributed by atoms with E-state index >= 15 is 0 Å². The average molecular weight is 346 g/mol. The number of rotatable bonds is 3. The Morgan fingerprint density at radius 2 is 2.00 bits per heavy atom.